The van der Waals surface area contributed by atoms with Crippen LogP contribution in [0.1, 0.15) is 31.9 Å². The molecule has 0 aromatic heterocycles. The third-order valence-electron chi connectivity index (χ3n) is 3.37. The maximum atomic E-state index is 9.90. The zero-order valence-corrected chi connectivity index (χ0v) is 11.1. The number of rotatable bonds is 2. The number of methoxy groups -OCH3 is 1. The Hall–Kier alpha value is -1.32. The topological polar surface area (TPSA) is 38.7 Å². The Morgan fingerprint density at radius 2 is 2.17 bits per heavy atom. The highest BCUT2D eigenvalue weighted by molar-refractivity contribution is 5.32. The van der Waals surface area contributed by atoms with Crippen LogP contribution in [0.3, 0.4) is 0 Å². The molecule has 0 radical (unpaired) electrons. The van der Waals surface area contributed by atoms with Gasteiger partial charge in [-0.1, -0.05) is 17.7 Å². The lowest BCUT2D eigenvalue weighted by molar-refractivity contribution is -0.0281. The predicted octanol–water partition coefficient (Wildman–Crippen LogP) is 2.85. The maximum absolute atomic E-state index is 9.90. The molecule has 1 heterocycles. The number of aliphatic hydroxyl groups is 1. The second-order valence-corrected chi connectivity index (χ2v) is 4.84. The van der Waals surface area contributed by atoms with E-state index in [1.54, 1.807) is 7.11 Å². The first-order valence-corrected chi connectivity index (χ1v) is 6.21. The van der Waals surface area contributed by atoms with Gasteiger partial charge >= 0.3 is 0 Å². The highest BCUT2D eigenvalue weighted by Gasteiger charge is 2.26. The lowest BCUT2D eigenvalue weighted by atomic mass is 9.92. The lowest BCUT2D eigenvalue weighted by Crippen LogP contribution is -2.28. The van der Waals surface area contributed by atoms with Crippen molar-refractivity contribution in [2.45, 2.75) is 32.5 Å². The van der Waals surface area contributed by atoms with E-state index in [0.717, 1.165) is 23.3 Å². The highest BCUT2D eigenvalue weighted by atomic mass is 16.5. The van der Waals surface area contributed by atoms with Crippen LogP contribution >= 0.6 is 0 Å². The fourth-order valence-corrected chi connectivity index (χ4v) is 2.30. The van der Waals surface area contributed by atoms with E-state index in [9.17, 15) is 5.11 Å². The summed E-state index contributed by atoms with van der Waals surface area (Å²) in [6.45, 7) is 4.43. The summed E-state index contributed by atoms with van der Waals surface area (Å²) < 4.78 is 10.9. The van der Waals surface area contributed by atoms with Crippen molar-refractivity contribution in [3.8, 4) is 5.75 Å². The molecular weight excluding hydrogens is 228 g/mol. The van der Waals surface area contributed by atoms with Crippen LogP contribution in [0.25, 0.3) is 0 Å². The molecule has 1 N–H and O–H groups in total. The van der Waals surface area contributed by atoms with E-state index in [4.69, 9.17) is 9.47 Å². The second kappa shape index (κ2) is 5.55. The Labute approximate surface area is 108 Å². The quantitative estimate of drug-likeness (QED) is 0.818. The van der Waals surface area contributed by atoms with E-state index in [1.165, 1.54) is 5.57 Å². The Morgan fingerprint density at radius 3 is 2.83 bits per heavy atom. The molecule has 0 bridgehead atoms. The molecular formula is C15H20O3. The van der Waals surface area contributed by atoms with Crippen LogP contribution in [0.15, 0.2) is 35.4 Å². The molecule has 1 aliphatic rings. The first-order chi connectivity index (χ1) is 8.61. The number of hydrogen-bond acceptors (Lipinski definition) is 3. The van der Waals surface area contributed by atoms with Crippen molar-refractivity contribution in [1.29, 1.82) is 0 Å². The Kier molecular flexibility index (Phi) is 4.04. The van der Waals surface area contributed by atoms with Gasteiger partial charge in [-0.05, 0) is 37.1 Å². The third-order valence-corrected chi connectivity index (χ3v) is 3.37. The molecule has 3 nitrogen and oxygen atoms in total. The summed E-state index contributed by atoms with van der Waals surface area (Å²) in [5, 5.41) is 9.90. The molecule has 0 unspecified atom stereocenters. The molecule has 2 rings (SSSR count). The van der Waals surface area contributed by atoms with Gasteiger partial charge in [0.1, 0.15) is 5.75 Å². The van der Waals surface area contributed by atoms with Crippen LogP contribution in [-0.2, 0) is 4.74 Å². The minimum atomic E-state index is -0.461. The highest BCUT2D eigenvalue weighted by Crippen LogP contribution is 2.34. The predicted molar refractivity (Wildman–Crippen MR) is 70.7 cm³/mol. The molecule has 1 aliphatic heterocycles. The van der Waals surface area contributed by atoms with Gasteiger partial charge in [0.25, 0.3) is 0 Å². The van der Waals surface area contributed by atoms with E-state index >= 15 is 0 Å². The molecule has 0 amide bonds. The van der Waals surface area contributed by atoms with Crippen molar-refractivity contribution in [2.75, 3.05) is 13.7 Å². The summed E-state index contributed by atoms with van der Waals surface area (Å²) in [5.41, 5.74) is 3.37. The fourth-order valence-electron chi connectivity index (χ4n) is 2.30. The van der Waals surface area contributed by atoms with Crippen LogP contribution < -0.4 is 4.74 Å². The van der Waals surface area contributed by atoms with Crippen molar-refractivity contribution in [3.05, 3.63) is 41.0 Å². The van der Waals surface area contributed by atoms with Gasteiger partial charge in [-0.3, -0.25) is 0 Å². The van der Waals surface area contributed by atoms with E-state index in [-0.39, 0.29) is 6.10 Å². The molecule has 18 heavy (non-hydrogen) atoms. The summed E-state index contributed by atoms with van der Waals surface area (Å²) in [5.74, 6) is 0.834. The molecule has 2 atom stereocenters. The minimum Gasteiger partial charge on any atom is -0.497 e. The second-order valence-electron chi connectivity index (χ2n) is 4.84. The summed E-state index contributed by atoms with van der Waals surface area (Å²) in [6.07, 6.45) is 0.293. The average molecular weight is 248 g/mol. The van der Waals surface area contributed by atoms with E-state index in [2.05, 4.69) is 0 Å². The molecule has 0 spiro atoms. The van der Waals surface area contributed by atoms with Crippen LogP contribution in [0, 0.1) is 0 Å². The van der Waals surface area contributed by atoms with Crippen molar-refractivity contribution < 1.29 is 14.6 Å². The lowest BCUT2D eigenvalue weighted by Gasteiger charge is -2.30. The number of allylic oxidation sites excluding steroid dienone is 1. The van der Waals surface area contributed by atoms with Gasteiger partial charge in [-0.25, -0.2) is 0 Å². The Balaban J connectivity index is 2.21. The van der Waals surface area contributed by atoms with Gasteiger partial charge in [-0.15, -0.1) is 0 Å². The minimum absolute atomic E-state index is 0.00778. The Morgan fingerprint density at radius 1 is 1.39 bits per heavy atom. The largest absolute Gasteiger partial charge is 0.497 e. The number of aliphatic hydroxyl groups excluding tert-OH is 1. The molecule has 0 saturated carbocycles. The van der Waals surface area contributed by atoms with Gasteiger partial charge in [-0.2, -0.15) is 0 Å². The Bertz CT molecular complexity index is 447. The smallest absolute Gasteiger partial charge is 0.119 e. The van der Waals surface area contributed by atoms with Crippen LogP contribution in [-0.4, -0.2) is 24.9 Å². The van der Waals surface area contributed by atoms with Crippen LogP contribution in [0.2, 0.25) is 0 Å². The summed E-state index contributed by atoms with van der Waals surface area (Å²) in [4.78, 5) is 0. The van der Waals surface area contributed by atoms with E-state index < -0.39 is 6.10 Å². The summed E-state index contributed by atoms with van der Waals surface area (Å²) >= 11 is 0. The molecule has 1 aromatic carbocycles. The zero-order chi connectivity index (χ0) is 13.1. The normalized spacial score (nSPS) is 23.9. The number of benzene rings is 1. The SMILES string of the molecule is COc1cccc([C@H]2CC(=C(C)C)[C@H](O)CO2)c1. The zero-order valence-electron chi connectivity index (χ0n) is 11.1. The van der Waals surface area contributed by atoms with E-state index in [1.807, 2.05) is 38.1 Å². The summed E-state index contributed by atoms with van der Waals surface area (Å²) in [6, 6.07) is 7.91. The maximum Gasteiger partial charge on any atom is 0.119 e. The first kappa shape index (κ1) is 13.1. The first-order valence-electron chi connectivity index (χ1n) is 6.21. The standard InChI is InChI=1S/C15H20O3/c1-10(2)13-8-15(18-9-14(13)16)11-5-4-6-12(7-11)17-3/h4-7,14-16H,8-9H2,1-3H3/t14-,15-/m1/s1. The fraction of sp³-hybridized carbons (Fsp3) is 0.467. The van der Waals surface area contributed by atoms with Gasteiger partial charge in [0, 0.05) is 6.42 Å². The third kappa shape index (κ3) is 2.74. The molecule has 98 valence electrons. The van der Waals surface area contributed by atoms with Crippen LogP contribution in [0.4, 0.5) is 0 Å². The molecule has 1 aromatic rings. The van der Waals surface area contributed by atoms with Gasteiger partial charge < -0.3 is 14.6 Å². The summed E-state index contributed by atoms with van der Waals surface area (Å²) in [7, 11) is 1.66. The number of ether oxygens (including phenoxy) is 2. The van der Waals surface area contributed by atoms with Crippen molar-refractivity contribution >= 4 is 0 Å². The van der Waals surface area contributed by atoms with E-state index in [0.29, 0.717) is 6.61 Å². The van der Waals surface area contributed by atoms with Crippen molar-refractivity contribution in [1.82, 2.24) is 0 Å². The number of hydrogen-bond donors (Lipinski definition) is 1. The van der Waals surface area contributed by atoms with Crippen LogP contribution in [0.5, 0.6) is 5.75 Å². The molecule has 0 aliphatic carbocycles. The van der Waals surface area contributed by atoms with Gasteiger partial charge in [0.2, 0.25) is 0 Å². The monoisotopic (exact) mass is 248 g/mol. The molecule has 1 fully saturated rings. The van der Waals surface area contributed by atoms with Crippen molar-refractivity contribution in [2.24, 2.45) is 0 Å². The van der Waals surface area contributed by atoms with Gasteiger partial charge in [0.15, 0.2) is 0 Å². The van der Waals surface area contributed by atoms with Crippen molar-refractivity contribution in [3.63, 3.8) is 0 Å². The average Bonchev–Trinajstić information content (AvgIpc) is 2.39. The molecule has 3 heteroatoms. The van der Waals surface area contributed by atoms with Gasteiger partial charge in [0.05, 0.1) is 25.9 Å². The molecule has 1 saturated heterocycles.